The number of carbonyl (C=O) groups excluding carboxylic acids is 2. The van der Waals surface area contributed by atoms with Crippen molar-refractivity contribution >= 4 is 42.7 Å². The van der Waals surface area contributed by atoms with Crippen molar-refractivity contribution in [2.45, 2.75) is 295 Å². The van der Waals surface area contributed by atoms with Gasteiger partial charge < -0.3 is 80.2 Å². The van der Waals surface area contributed by atoms with Gasteiger partial charge in [-0.1, -0.05) is 199 Å². The van der Waals surface area contributed by atoms with Crippen molar-refractivity contribution in [2.24, 2.45) is 0 Å². The Kier molecular flexibility index (Phi) is 57.5. The average molecular weight is 1490 g/mol. The van der Waals surface area contributed by atoms with Gasteiger partial charge in [-0.3, -0.25) is 29.5 Å². The minimum Gasteiger partial charge on any atom is -0.606 e. The first kappa shape index (κ1) is 95.9. The number of aliphatic hydroxyl groups is 5. The molecule has 0 fully saturated rings. The summed E-state index contributed by atoms with van der Waals surface area (Å²) in [6.45, 7) is 6.51. The molecule has 2 heterocycles. The summed E-state index contributed by atoms with van der Waals surface area (Å²) in [5, 5.41) is 74.4. The third-order valence-corrected chi connectivity index (χ3v) is 19.0. The Morgan fingerprint density at radius 2 is 1.26 bits per heavy atom. The van der Waals surface area contributed by atoms with Crippen LogP contribution in [0, 0.1) is 0 Å². The standard InChI is InChI=1S/C45H93N2O12P.C30H42N6O6.Na/c1-4-6-8-10-12-14-16-18-20-22-24-26-28-30-44(50)56-38-41(59-45(51)31-29-27-25-23-21-19-17-15-13-11-9-7-5-2)39-58-60(52,53)57-37-35-47-43(49)33-32-42(48)46-34-36-55-40-54-3;1-35(18-26-33-23-9-5-6-10-24(23)34-26)29(40)20-11-12-22-21(15-20)17-36(30(41)25(32-22)16-28(38)39)14-8-4-3-7-13-31-27(37)19-42-2;/h41-42,44-46,48,50-51H,4-40H2,1-3H3,(H,47,49)(H,52,53);5-6,9-12,15,25,29-30,32,40-41H,3-4,7-8,13-14,16-19H2,1-2H3,(H,31,37)(H,33,34)(H,38,39);/q;;+1/t41-,42-,44-,45+;25-,29-,30-;/m10./s1. The number of carboxylic acid groups (broad SMARTS) is 1. The smallest absolute Gasteiger partial charge is 0.606 e. The van der Waals surface area contributed by atoms with Crippen LogP contribution in [0.15, 0.2) is 42.5 Å². The number of ether oxygens (including phenoxy) is 5. The topological polar surface area (TPSA) is 364 Å². The summed E-state index contributed by atoms with van der Waals surface area (Å²) < 4.78 is 36.4. The van der Waals surface area contributed by atoms with Gasteiger partial charge in [0.05, 0.1) is 43.3 Å². The molecule has 0 aliphatic carbocycles. The number of benzene rings is 2. The Morgan fingerprint density at radius 3 is 1.85 bits per heavy atom. The molecule has 12 N–H and O–H groups in total. The van der Waals surface area contributed by atoms with Crippen molar-refractivity contribution in [2.75, 3.05) is 92.6 Å². The van der Waals surface area contributed by atoms with Gasteiger partial charge in [0.15, 0.2) is 12.6 Å². The number of nitrogens with one attached hydrogen (secondary N) is 5. The summed E-state index contributed by atoms with van der Waals surface area (Å²) >= 11 is 0. The molecule has 26 nitrogen and oxygen atoms in total. The summed E-state index contributed by atoms with van der Waals surface area (Å²) in [5.41, 5.74) is 4.11. The molecule has 0 saturated heterocycles. The van der Waals surface area contributed by atoms with E-state index in [9.17, 15) is 54.8 Å². The van der Waals surface area contributed by atoms with Crippen molar-refractivity contribution in [3.63, 3.8) is 0 Å². The molecule has 0 saturated carbocycles. The van der Waals surface area contributed by atoms with Crippen molar-refractivity contribution in [3.8, 4) is 0 Å². The fourth-order valence-electron chi connectivity index (χ4n) is 12.2. The fourth-order valence-corrected chi connectivity index (χ4v) is 12.9. The van der Waals surface area contributed by atoms with Gasteiger partial charge in [0.1, 0.15) is 57.2 Å². The third-order valence-electron chi connectivity index (χ3n) is 18.0. The molecule has 3 aromatic rings. The van der Waals surface area contributed by atoms with Gasteiger partial charge in [-0.2, -0.15) is 13.9 Å². The van der Waals surface area contributed by atoms with Crippen molar-refractivity contribution in [1.29, 1.82) is 0 Å². The molecule has 2 aromatic carbocycles. The van der Waals surface area contributed by atoms with Crippen LogP contribution in [0.1, 0.15) is 262 Å². The zero-order valence-corrected chi connectivity index (χ0v) is 66.6. The number of hydrogen-bond donors (Lipinski definition) is 12. The molecule has 0 bridgehead atoms. The quantitative estimate of drug-likeness (QED) is 0.0111. The van der Waals surface area contributed by atoms with E-state index in [4.69, 9.17) is 32.7 Å². The maximum Gasteiger partial charge on any atom is 1.00 e. The molecule has 1 unspecified atom stereocenters. The van der Waals surface area contributed by atoms with E-state index in [1.54, 1.807) is 4.90 Å². The van der Waals surface area contributed by atoms with Crippen LogP contribution in [0.4, 0.5) is 5.69 Å². The molecule has 0 spiro atoms. The van der Waals surface area contributed by atoms with Gasteiger partial charge >= 0.3 is 43.7 Å². The van der Waals surface area contributed by atoms with E-state index >= 15 is 0 Å². The van der Waals surface area contributed by atoms with Gasteiger partial charge in [0.2, 0.25) is 11.8 Å². The van der Waals surface area contributed by atoms with Crippen LogP contribution in [-0.2, 0) is 60.2 Å². The van der Waals surface area contributed by atoms with E-state index in [0.29, 0.717) is 57.7 Å². The van der Waals surface area contributed by atoms with Crippen molar-refractivity contribution in [3.05, 3.63) is 59.4 Å². The van der Waals surface area contributed by atoms with Gasteiger partial charge in [-0.05, 0) is 87.4 Å². The largest absolute Gasteiger partial charge is 1.00 e. The number of phosphoric ester groups is 1. The Balaban J connectivity index is 0.000000731. The van der Waals surface area contributed by atoms with E-state index in [1.807, 2.05) is 54.4 Å². The van der Waals surface area contributed by atoms with E-state index < -0.39 is 64.2 Å². The number of imidazole rings is 1. The number of aliphatic hydroxyl groups excluding tert-OH is 5. The molecule has 0 radical (unpaired) electrons. The number of amides is 2. The predicted octanol–water partition coefficient (Wildman–Crippen LogP) is 7.88. The Hall–Kier alpha value is -3.13. The van der Waals surface area contributed by atoms with E-state index in [0.717, 1.165) is 92.3 Å². The second-order valence-corrected chi connectivity index (χ2v) is 28.6. The number of anilines is 1. The average Bonchev–Trinajstić information content (AvgIpc) is 1.71. The minimum atomic E-state index is -4.55. The second-order valence-electron chi connectivity index (χ2n) is 27.2. The van der Waals surface area contributed by atoms with E-state index in [-0.39, 0.29) is 93.8 Å². The first-order valence-electron chi connectivity index (χ1n) is 38.5. The van der Waals surface area contributed by atoms with Crippen LogP contribution in [-0.4, -0.2) is 198 Å². The number of aromatic nitrogens is 2. The molecule has 1 aliphatic rings. The molecular formula is C75H135N8NaO18P+. The summed E-state index contributed by atoms with van der Waals surface area (Å²) in [5.74, 6) is -0.739. The minimum absolute atomic E-state index is 0. The summed E-state index contributed by atoms with van der Waals surface area (Å²) in [4.78, 5) is 69.7. The molecule has 1 aromatic heterocycles. The monoisotopic (exact) mass is 1490 g/mol. The maximum atomic E-state index is 12.7. The number of para-hydroxylation sites is 2. The fraction of sp³-hybridized carbons (Fsp3) is 0.787. The second kappa shape index (κ2) is 61.7. The molecule has 1 aliphatic heterocycles. The number of carboxylic acids is 1. The van der Waals surface area contributed by atoms with Gasteiger partial charge in [0.25, 0.3) is 0 Å². The number of phosphoric acid groups is 1. The van der Waals surface area contributed by atoms with Crippen LogP contribution in [0.2, 0.25) is 0 Å². The number of fused-ring (bicyclic) bond motifs is 2. The molecule has 28 heteroatoms. The number of hydrogen-bond acceptors (Lipinski definition) is 22. The molecule has 2 amide bonds. The number of aromatic amines is 1. The van der Waals surface area contributed by atoms with Crippen LogP contribution < -0.4 is 55.7 Å². The predicted molar refractivity (Wildman–Crippen MR) is 397 cm³/mol. The number of unbranched alkanes of at least 4 members (excludes halogenated alkanes) is 27. The van der Waals surface area contributed by atoms with Gasteiger partial charge in [0, 0.05) is 59.1 Å². The Morgan fingerprint density at radius 1 is 0.689 bits per heavy atom. The van der Waals surface area contributed by atoms with Gasteiger partial charge in [-0.25, -0.2) is 4.98 Å². The number of methoxy groups -OCH3 is 2. The SMILES string of the molecule is CCCCCCCCCCCCCCC[C@@H](O)O[C@H](CO[C@@H](O)CCCCCCCCCCCCCCC)CO[P+]([O-])(O)OCCNC(=O)CC[C@@H](O)NCCOCOC.COCC(=O)NCCCCCCN1Cc2cc([C@H](O)N(C)Cc3nc4ccccc4[nH]3)ccc2N[C@@H](CC(=O)O)[C@@H]1O.[Na+]. The Bertz CT molecular complexity index is 2540. The normalized spacial score (nSPS) is 16.0. The van der Waals surface area contributed by atoms with Gasteiger partial charge in [-0.15, -0.1) is 0 Å². The number of carbonyl (C=O) groups is 3. The first-order valence-corrected chi connectivity index (χ1v) is 40.0. The van der Waals surface area contributed by atoms with Crippen LogP contribution >= 0.6 is 8.17 Å². The zero-order valence-electron chi connectivity index (χ0n) is 63.7. The van der Waals surface area contributed by atoms with Crippen molar-refractivity contribution < 1.29 is 117 Å². The van der Waals surface area contributed by atoms with Crippen LogP contribution in [0.25, 0.3) is 11.0 Å². The molecule has 588 valence electrons. The number of H-pyrrole nitrogens is 1. The molecule has 8 atom stereocenters. The number of nitrogens with zero attached hydrogens (tertiary/aromatic N) is 3. The van der Waals surface area contributed by atoms with E-state index in [1.165, 1.54) is 143 Å². The molecule has 103 heavy (non-hydrogen) atoms. The Labute approximate surface area is 638 Å². The first-order chi connectivity index (χ1) is 49.4. The summed E-state index contributed by atoms with van der Waals surface area (Å²) in [6, 6.07) is 12.7. The summed E-state index contributed by atoms with van der Waals surface area (Å²) in [6.07, 6.45) is 30.3. The van der Waals surface area contributed by atoms with Crippen LogP contribution in [0.5, 0.6) is 0 Å². The molecular weight excluding hydrogens is 1350 g/mol. The summed E-state index contributed by atoms with van der Waals surface area (Å²) in [7, 11) is 0.277. The maximum absolute atomic E-state index is 12.7. The zero-order chi connectivity index (χ0) is 74.3. The number of aliphatic carboxylic acids is 1. The molecule has 4 rings (SSSR count). The third kappa shape index (κ3) is 48.1. The van der Waals surface area contributed by atoms with Crippen LogP contribution in [0.3, 0.4) is 0 Å². The van der Waals surface area contributed by atoms with Crippen molar-refractivity contribution in [1.82, 2.24) is 35.7 Å². The number of rotatable bonds is 64. The van der Waals surface area contributed by atoms with E-state index in [2.05, 4.69) is 45.1 Å².